The largest absolute Gasteiger partial charge is 0.338 e. The molecule has 1 unspecified atom stereocenters. The standard InChI is InChI=1S/C21H27N3O.2ClH/c1-17-7-6-8-18(15-17)16-23-11-13-24(14-12-23)20(25)21(2,22)19-9-4-3-5-10-19;;/h3-10,15H,11-14,16,22H2,1-2H3;2*1H. The lowest BCUT2D eigenvalue weighted by Gasteiger charge is -2.38. The number of carbonyl (C=O) groups excluding carboxylic acids is 1. The summed E-state index contributed by atoms with van der Waals surface area (Å²) in [6, 6.07) is 18.2. The summed E-state index contributed by atoms with van der Waals surface area (Å²) in [5.41, 5.74) is 8.89. The average molecular weight is 410 g/mol. The number of hydrogen-bond acceptors (Lipinski definition) is 3. The summed E-state index contributed by atoms with van der Waals surface area (Å²) in [5, 5.41) is 0. The molecule has 1 atom stereocenters. The highest BCUT2D eigenvalue weighted by atomic mass is 35.5. The van der Waals surface area contributed by atoms with Gasteiger partial charge in [-0.05, 0) is 25.0 Å². The van der Waals surface area contributed by atoms with Crippen LogP contribution >= 0.6 is 24.8 Å². The van der Waals surface area contributed by atoms with Crippen molar-refractivity contribution in [2.24, 2.45) is 5.73 Å². The van der Waals surface area contributed by atoms with Gasteiger partial charge in [0.05, 0.1) is 0 Å². The summed E-state index contributed by atoms with van der Waals surface area (Å²) in [4.78, 5) is 17.2. The Morgan fingerprint density at radius 3 is 2.22 bits per heavy atom. The smallest absolute Gasteiger partial charge is 0.247 e. The fourth-order valence-corrected chi connectivity index (χ4v) is 3.41. The van der Waals surface area contributed by atoms with Gasteiger partial charge in [-0.25, -0.2) is 0 Å². The van der Waals surface area contributed by atoms with Crippen LogP contribution in [0.4, 0.5) is 0 Å². The molecule has 2 aromatic rings. The Hall–Kier alpha value is -1.59. The fraction of sp³-hybridized carbons (Fsp3) is 0.381. The Morgan fingerprint density at radius 1 is 1.00 bits per heavy atom. The van der Waals surface area contributed by atoms with E-state index in [-0.39, 0.29) is 30.7 Å². The number of hydrogen-bond donors (Lipinski definition) is 1. The Kier molecular flexibility index (Phi) is 8.76. The maximum atomic E-state index is 12.9. The zero-order valence-electron chi connectivity index (χ0n) is 15.9. The minimum atomic E-state index is -0.972. The lowest BCUT2D eigenvalue weighted by Crippen LogP contribution is -2.56. The number of nitrogens with zero attached hydrogens (tertiary/aromatic N) is 2. The number of rotatable bonds is 4. The van der Waals surface area contributed by atoms with Crippen LogP contribution in [0.2, 0.25) is 0 Å². The molecule has 3 rings (SSSR count). The molecule has 0 aliphatic carbocycles. The van der Waals surface area contributed by atoms with Gasteiger partial charge >= 0.3 is 0 Å². The summed E-state index contributed by atoms with van der Waals surface area (Å²) in [5.74, 6) is 0.00825. The molecular weight excluding hydrogens is 381 g/mol. The van der Waals surface area contributed by atoms with E-state index in [9.17, 15) is 4.79 Å². The molecule has 1 heterocycles. The predicted octanol–water partition coefficient (Wildman–Crippen LogP) is 3.36. The predicted molar refractivity (Wildman–Crippen MR) is 116 cm³/mol. The molecule has 0 spiro atoms. The van der Waals surface area contributed by atoms with Crippen LogP contribution in [0, 0.1) is 6.92 Å². The van der Waals surface area contributed by atoms with Crippen molar-refractivity contribution < 1.29 is 4.79 Å². The SMILES string of the molecule is Cc1cccc(CN2CCN(C(=O)C(C)(N)c3ccccc3)CC2)c1.Cl.Cl. The molecule has 4 nitrogen and oxygen atoms in total. The van der Waals surface area contributed by atoms with Gasteiger partial charge in [-0.3, -0.25) is 9.69 Å². The number of amides is 1. The van der Waals surface area contributed by atoms with Crippen LogP contribution in [0.1, 0.15) is 23.6 Å². The van der Waals surface area contributed by atoms with Gasteiger partial charge in [-0.1, -0.05) is 60.2 Å². The van der Waals surface area contributed by atoms with Gasteiger partial charge in [0.15, 0.2) is 0 Å². The van der Waals surface area contributed by atoms with Crippen LogP contribution in [0.15, 0.2) is 54.6 Å². The summed E-state index contributed by atoms with van der Waals surface area (Å²) in [6.45, 7) is 8.07. The zero-order valence-corrected chi connectivity index (χ0v) is 17.6. The van der Waals surface area contributed by atoms with E-state index in [1.807, 2.05) is 42.2 Å². The third-order valence-electron chi connectivity index (χ3n) is 4.97. The molecule has 0 radical (unpaired) electrons. The van der Waals surface area contributed by atoms with Gasteiger partial charge in [0, 0.05) is 32.7 Å². The normalized spacial score (nSPS) is 16.6. The third-order valence-corrected chi connectivity index (χ3v) is 4.97. The quantitative estimate of drug-likeness (QED) is 0.841. The van der Waals surface area contributed by atoms with Crippen LogP contribution in [0.25, 0.3) is 0 Å². The van der Waals surface area contributed by atoms with Gasteiger partial charge in [0.2, 0.25) is 5.91 Å². The minimum Gasteiger partial charge on any atom is -0.338 e. The zero-order chi connectivity index (χ0) is 17.9. The maximum absolute atomic E-state index is 12.9. The molecule has 27 heavy (non-hydrogen) atoms. The Morgan fingerprint density at radius 2 is 1.63 bits per heavy atom. The van der Waals surface area contributed by atoms with E-state index in [0.29, 0.717) is 0 Å². The fourth-order valence-electron chi connectivity index (χ4n) is 3.41. The number of benzene rings is 2. The van der Waals surface area contributed by atoms with Crippen LogP contribution in [0.5, 0.6) is 0 Å². The molecule has 148 valence electrons. The highest BCUT2D eigenvalue weighted by Crippen LogP contribution is 2.21. The second-order valence-electron chi connectivity index (χ2n) is 7.13. The Labute approximate surface area is 174 Å². The van der Waals surface area contributed by atoms with E-state index in [1.54, 1.807) is 0 Å². The molecule has 2 N–H and O–H groups in total. The maximum Gasteiger partial charge on any atom is 0.247 e. The van der Waals surface area contributed by atoms with Crippen molar-refractivity contribution in [3.8, 4) is 0 Å². The van der Waals surface area contributed by atoms with E-state index in [0.717, 1.165) is 38.3 Å². The molecule has 1 aliphatic heterocycles. The first-order valence-corrected chi connectivity index (χ1v) is 8.88. The van der Waals surface area contributed by atoms with E-state index in [4.69, 9.17) is 5.73 Å². The first kappa shape index (κ1) is 23.4. The van der Waals surface area contributed by atoms with Gasteiger partial charge in [-0.15, -0.1) is 24.8 Å². The third kappa shape index (κ3) is 5.69. The second-order valence-corrected chi connectivity index (χ2v) is 7.13. The summed E-state index contributed by atoms with van der Waals surface area (Å²) < 4.78 is 0. The lowest BCUT2D eigenvalue weighted by atomic mass is 9.91. The van der Waals surface area contributed by atoms with Gasteiger partial charge in [0.25, 0.3) is 0 Å². The van der Waals surface area contributed by atoms with Crippen molar-refractivity contribution in [2.75, 3.05) is 26.2 Å². The summed E-state index contributed by atoms with van der Waals surface area (Å²) >= 11 is 0. The first-order chi connectivity index (χ1) is 12.0. The van der Waals surface area contributed by atoms with Crippen molar-refractivity contribution in [1.29, 1.82) is 0 Å². The molecule has 1 fully saturated rings. The topological polar surface area (TPSA) is 49.6 Å². The van der Waals surface area contributed by atoms with Crippen LogP contribution < -0.4 is 5.73 Å². The van der Waals surface area contributed by atoms with Crippen molar-refractivity contribution in [1.82, 2.24) is 9.80 Å². The molecule has 6 heteroatoms. The molecular formula is C21H29Cl2N3O. The van der Waals surface area contributed by atoms with Gasteiger partial charge in [0.1, 0.15) is 5.54 Å². The minimum absolute atomic E-state index is 0. The Bertz CT molecular complexity index is 729. The number of nitrogens with two attached hydrogens (primary N) is 1. The van der Waals surface area contributed by atoms with E-state index < -0.39 is 5.54 Å². The Balaban J connectivity index is 0.00000182. The first-order valence-electron chi connectivity index (χ1n) is 8.88. The van der Waals surface area contributed by atoms with Crippen molar-refractivity contribution >= 4 is 30.7 Å². The molecule has 1 aliphatic rings. The van der Waals surface area contributed by atoms with Crippen molar-refractivity contribution in [3.05, 3.63) is 71.3 Å². The van der Waals surface area contributed by atoms with Gasteiger partial charge < -0.3 is 10.6 Å². The lowest BCUT2D eigenvalue weighted by molar-refractivity contribution is -0.138. The van der Waals surface area contributed by atoms with Crippen LogP contribution in [-0.2, 0) is 16.9 Å². The van der Waals surface area contributed by atoms with Crippen LogP contribution in [0.3, 0.4) is 0 Å². The van der Waals surface area contributed by atoms with Crippen molar-refractivity contribution in [3.63, 3.8) is 0 Å². The molecule has 0 bridgehead atoms. The molecule has 1 amide bonds. The average Bonchev–Trinajstić information content (AvgIpc) is 2.62. The summed E-state index contributed by atoms with van der Waals surface area (Å²) in [6.07, 6.45) is 0. The molecule has 0 aromatic heterocycles. The second kappa shape index (κ2) is 10.1. The highest BCUT2D eigenvalue weighted by Gasteiger charge is 2.35. The van der Waals surface area contributed by atoms with E-state index in [1.165, 1.54) is 11.1 Å². The molecule has 0 saturated carbocycles. The van der Waals surface area contributed by atoms with Crippen LogP contribution in [-0.4, -0.2) is 41.9 Å². The summed E-state index contributed by atoms with van der Waals surface area (Å²) in [7, 11) is 0. The van der Waals surface area contributed by atoms with Crippen molar-refractivity contribution in [2.45, 2.75) is 25.9 Å². The highest BCUT2D eigenvalue weighted by molar-refractivity contribution is 5.87. The van der Waals surface area contributed by atoms with Gasteiger partial charge in [-0.2, -0.15) is 0 Å². The monoisotopic (exact) mass is 409 g/mol. The molecule has 1 saturated heterocycles. The number of aryl methyl sites for hydroxylation is 1. The van der Waals surface area contributed by atoms with E-state index in [2.05, 4.69) is 36.1 Å². The number of carbonyl (C=O) groups is 1. The number of halogens is 2. The number of piperazine rings is 1. The van der Waals surface area contributed by atoms with E-state index >= 15 is 0 Å². The molecule has 2 aromatic carbocycles.